The quantitative estimate of drug-likeness (QED) is 0.291. The molecule has 2 amide bonds. The van der Waals surface area contributed by atoms with Gasteiger partial charge in [-0.3, -0.25) is 15.1 Å². The third kappa shape index (κ3) is 7.16. The van der Waals surface area contributed by atoms with Crippen molar-refractivity contribution in [2.45, 2.75) is 59.1 Å². The Kier molecular flexibility index (Phi) is 8.30. The van der Waals surface area contributed by atoms with Crippen LogP contribution in [0.15, 0.2) is 60.8 Å². The Balaban J connectivity index is 1.40. The number of nitrogens with two attached hydrogens (primary N) is 1. The number of rotatable bonds is 6. The maximum absolute atomic E-state index is 13.5. The SMILES string of the molecule is Cc1ccc(Oc2ccc3nc(N)cn3n2)cc1N(NC(=O)c1cccc(CN2CCCCC2)c1)C(=O)OC(C)(C)C. The van der Waals surface area contributed by atoms with Crippen molar-refractivity contribution in [2.24, 2.45) is 0 Å². The molecule has 42 heavy (non-hydrogen) atoms. The molecule has 1 saturated heterocycles. The van der Waals surface area contributed by atoms with E-state index in [1.54, 1.807) is 63.4 Å². The average molecular weight is 572 g/mol. The molecule has 0 bridgehead atoms. The molecular weight excluding hydrogens is 534 g/mol. The Morgan fingerprint density at radius 1 is 1.05 bits per heavy atom. The molecule has 220 valence electrons. The Bertz CT molecular complexity index is 1590. The standard InChI is InChI=1S/C31H37N7O4/c1-21-11-12-24(41-28-14-13-27-33-26(32)20-37(27)34-28)18-25(21)38(30(40)42-31(2,3)4)35-29(39)23-10-8-9-22(17-23)19-36-15-6-5-7-16-36/h8-14,17-18,20H,5-7,15-16,19,32H2,1-4H3,(H,35,39). The number of amides is 2. The molecule has 1 fully saturated rings. The van der Waals surface area contributed by atoms with E-state index in [9.17, 15) is 9.59 Å². The van der Waals surface area contributed by atoms with E-state index in [1.807, 2.05) is 25.1 Å². The minimum absolute atomic E-state index is 0.299. The number of nitrogen functional groups attached to an aromatic ring is 1. The van der Waals surface area contributed by atoms with Crippen molar-refractivity contribution < 1.29 is 19.1 Å². The summed E-state index contributed by atoms with van der Waals surface area (Å²) in [6.45, 7) is 10.0. The zero-order valence-corrected chi connectivity index (χ0v) is 24.5. The third-order valence-electron chi connectivity index (χ3n) is 6.79. The molecule has 5 rings (SSSR count). The van der Waals surface area contributed by atoms with Gasteiger partial charge in [-0.2, -0.15) is 5.01 Å². The second-order valence-corrected chi connectivity index (χ2v) is 11.5. The summed E-state index contributed by atoms with van der Waals surface area (Å²) >= 11 is 0. The van der Waals surface area contributed by atoms with Crippen molar-refractivity contribution in [3.63, 3.8) is 0 Å². The molecule has 3 heterocycles. The number of nitrogens with zero attached hydrogens (tertiary/aromatic N) is 5. The van der Waals surface area contributed by atoms with Gasteiger partial charge in [0.05, 0.1) is 11.9 Å². The number of piperidine rings is 1. The summed E-state index contributed by atoms with van der Waals surface area (Å²) in [6, 6.07) is 16.1. The molecule has 0 unspecified atom stereocenters. The van der Waals surface area contributed by atoms with Gasteiger partial charge in [-0.25, -0.2) is 14.3 Å². The molecule has 1 aliphatic heterocycles. The summed E-state index contributed by atoms with van der Waals surface area (Å²) < 4.78 is 13.2. The molecule has 2 aromatic carbocycles. The normalized spacial score (nSPS) is 14.0. The smallest absolute Gasteiger partial charge is 0.434 e. The molecule has 0 aliphatic carbocycles. The fourth-order valence-corrected chi connectivity index (χ4v) is 4.82. The number of nitrogens with one attached hydrogen (secondary N) is 1. The van der Waals surface area contributed by atoms with Crippen molar-refractivity contribution in [2.75, 3.05) is 23.8 Å². The monoisotopic (exact) mass is 571 g/mol. The van der Waals surface area contributed by atoms with Gasteiger partial charge in [0.1, 0.15) is 17.2 Å². The number of hydrogen-bond donors (Lipinski definition) is 2. The number of carbonyl (C=O) groups is 2. The Morgan fingerprint density at radius 2 is 1.83 bits per heavy atom. The molecule has 0 saturated carbocycles. The molecule has 0 spiro atoms. The molecule has 2 aromatic heterocycles. The van der Waals surface area contributed by atoms with E-state index in [-0.39, 0.29) is 0 Å². The highest BCUT2D eigenvalue weighted by molar-refractivity contribution is 6.00. The van der Waals surface area contributed by atoms with Crippen LogP contribution in [-0.2, 0) is 11.3 Å². The van der Waals surface area contributed by atoms with E-state index in [4.69, 9.17) is 15.2 Å². The van der Waals surface area contributed by atoms with Gasteiger partial charge in [0.2, 0.25) is 5.88 Å². The number of imidazole rings is 1. The van der Waals surface area contributed by atoms with Gasteiger partial charge in [0, 0.05) is 24.2 Å². The summed E-state index contributed by atoms with van der Waals surface area (Å²) in [7, 11) is 0. The highest BCUT2D eigenvalue weighted by atomic mass is 16.6. The number of carbonyl (C=O) groups excluding carboxylic acids is 2. The maximum atomic E-state index is 13.5. The molecule has 0 radical (unpaired) electrons. The van der Waals surface area contributed by atoms with Crippen LogP contribution in [-0.4, -0.2) is 50.2 Å². The second kappa shape index (κ2) is 12.1. The van der Waals surface area contributed by atoms with E-state index in [1.165, 1.54) is 23.8 Å². The summed E-state index contributed by atoms with van der Waals surface area (Å²) in [4.78, 5) is 33.5. The minimum atomic E-state index is -0.789. The summed E-state index contributed by atoms with van der Waals surface area (Å²) in [6.07, 6.45) is 4.50. The highest BCUT2D eigenvalue weighted by Crippen LogP contribution is 2.29. The summed E-state index contributed by atoms with van der Waals surface area (Å²) in [5.74, 6) is 0.616. The number of hydrazine groups is 1. The topological polar surface area (TPSA) is 127 Å². The summed E-state index contributed by atoms with van der Waals surface area (Å²) in [5, 5.41) is 5.51. The van der Waals surface area contributed by atoms with E-state index in [0.29, 0.717) is 34.3 Å². The molecule has 1 aliphatic rings. The molecular formula is C31H37N7O4. The van der Waals surface area contributed by atoms with Crippen molar-refractivity contribution >= 4 is 29.2 Å². The number of fused-ring (bicyclic) bond motifs is 1. The van der Waals surface area contributed by atoms with Crippen LogP contribution in [0, 0.1) is 6.92 Å². The van der Waals surface area contributed by atoms with Crippen molar-refractivity contribution in [1.29, 1.82) is 0 Å². The lowest BCUT2D eigenvalue weighted by Crippen LogP contribution is -2.49. The van der Waals surface area contributed by atoms with Crippen LogP contribution in [0.25, 0.3) is 5.65 Å². The average Bonchev–Trinajstić information content (AvgIpc) is 3.32. The third-order valence-corrected chi connectivity index (χ3v) is 6.79. The first kappa shape index (κ1) is 28.9. The number of aryl methyl sites for hydroxylation is 1. The molecule has 11 heteroatoms. The van der Waals surface area contributed by atoms with Crippen LogP contribution < -0.4 is 20.9 Å². The summed E-state index contributed by atoms with van der Waals surface area (Å²) in [5.41, 5.74) is 10.9. The first-order chi connectivity index (χ1) is 20.0. The van der Waals surface area contributed by atoms with Crippen LogP contribution in [0.4, 0.5) is 16.3 Å². The van der Waals surface area contributed by atoms with Crippen LogP contribution >= 0.6 is 0 Å². The zero-order chi connectivity index (χ0) is 29.9. The minimum Gasteiger partial charge on any atom is -0.442 e. The second-order valence-electron chi connectivity index (χ2n) is 11.5. The Morgan fingerprint density at radius 3 is 2.60 bits per heavy atom. The number of ether oxygens (including phenoxy) is 2. The predicted molar refractivity (Wildman–Crippen MR) is 160 cm³/mol. The first-order valence-corrected chi connectivity index (χ1v) is 14.1. The number of likely N-dealkylation sites (tertiary alicyclic amines) is 1. The highest BCUT2D eigenvalue weighted by Gasteiger charge is 2.27. The van der Waals surface area contributed by atoms with Gasteiger partial charge in [-0.15, -0.1) is 5.10 Å². The lowest BCUT2D eigenvalue weighted by atomic mass is 10.1. The number of aromatic nitrogens is 3. The van der Waals surface area contributed by atoms with Gasteiger partial charge in [-0.05, 0) is 89.0 Å². The van der Waals surface area contributed by atoms with Crippen LogP contribution in [0.1, 0.15) is 61.5 Å². The van der Waals surface area contributed by atoms with Gasteiger partial charge < -0.3 is 15.2 Å². The van der Waals surface area contributed by atoms with Crippen LogP contribution in [0.2, 0.25) is 0 Å². The lowest BCUT2D eigenvalue weighted by Gasteiger charge is -2.29. The lowest BCUT2D eigenvalue weighted by molar-refractivity contribution is 0.0548. The van der Waals surface area contributed by atoms with Gasteiger partial charge >= 0.3 is 6.09 Å². The fraction of sp³-hybridized carbons (Fsp3) is 0.355. The number of anilines is 2. The van der Waals surface area contributed by atoms with Gasteiger partial charge in [0.15, 0.2) is 5.65 Å². The van der Waals surface area contributed by atoms with Crippen molar-refractivity contribution in [3.8, 4) is 11.6 Å². The van der Waals surface area contributed by atoms with E-state index in [0.717, 1.165) is 35.8 Å². The Labute approximate surface area is 245 Å². The van der Waals surface area contributed by atoms with E-state index >= 15 is 0 Å². The molecule has 11 nitrogen and oxygen atoms in total. The molecule has 3 N–H and O–H groups in total. The number of hydrogen-bond acceptors (Lipinski definition) is 8. The largest absolute Gasteiger partial charge is 0.442 e. The molecule has 4 aromatic rings. The maximum Gasteiger partial charge on any atom is 0.434 e. The van der Waals surface area contributed by atoms with Crippen molar-refractivity contribution in [1.82, 2.24) is 24.9 Å². The fourth-order valence-electron chi connectivity index (χ4n) is 4.82. The predicted octanol–water partition coefficient (Wildman–Crippen LogP) is 5.48. The number of benzene rings is 2. The van der Waals surface area contributed by atoms with Crippen molar-refractivity contribution in [3.05, 3.63) is 77.5 Å². The Hall–Kier alpha value is -4.64. The first-order valence-electron chi connectivity index (χ1n) is 14.1. The van der Waals surface area contributed by atoms with E-state index in [2.05, 4.69) is 20.4 Å². The van der Waals surface area contributed by atoms with Gasteiger partial charge in [-0.1, -0.05) is 24.6 Å². The van der Waals surface area contributed by atoms with Crippen LogP contribution in [0.3, 0.4) is 0 Å². The zero-order valence-electron chi connectivity index (χ0n) is 24.5. The van der Waals surface area contributed by atoms with E-state index < -0.39 is 17.6 Å². The molecule has 0 atom stereocenters. The van der Waals surface area contributed by atoms with Gasteiger partial charge in [0.25, 0.3) is 5.91 Å². The van der Waals surface area contributed by atoms with Crippen LogP contribution in [0.5, 0.6) is 11.6 Å².